The molecule has 4 amide bonds. The zero-order valence-electron chi connectivity index (χ0n) is 19.1. The molecule has 36 heavy (non-hydrogen) atoms. The summed E-state index contributed by atoms with van der Waals surface area (Å²) in [4.78, 5) is 63.2. The number of nitrogen functional groups attached to an aromatic ring is 1. The third kappa shape index (κ3) is 3.39. The van der Waals surface area contributed by atoms with Gasteiger partial charge in [0.05, 0.1) is 11.6 Å². The molecule has 4 N–H and O–H groups in total. The number of aromatic amines is 1. The number of hydrogen-bond acceptors (Lipinski definition) is 7. The van der Waals surface area contributed by atoms with Crippen molar-refractivity contribution >= 4 is 61.5 Å². The first-order valence-corrected chi connectivity index (χ1v) is 12.4. The normalized spacial score (nSPS) is 20.9. The van der Waals surface area contributed by atoms with Crippen molar-refractivity contribution in [1.29, 1.82) is 0 Å². The maximum Gasteiger partial charge on any atom is 0.332 e. The molecular weight excluding hydrogens is 596 g/mol. The third-order valence-electron chi connectivity index (χ3n) is 6.75. The summed E-state index contributed by atoms with van der Waals surface area (Å²) < 4.78 is 1.57. The Kier molecular flexibility index (Phi) is 5.75. The fourth-order valence-electron chi connectivity index (χ4n) is 5.15. The van der Waals surface area contributed by atoms with Crippen LogP contribution in [-0.2, 0) is 9.59 Å². The lowest BCUT2D eigenvalue weighted by atomic mass is 9.59. The zero-order chi connectivity index (χ0) is 25.9. The van der Waals surface area contributed by atoms with Crippen molar-refractivity contribution in [2.45, 2.75) is 12.0 Å². The Labute approximate surface area is 222 Å². The molecule has 184 valence electrons. The highest BCUT2D eigenvalue weighted by Gasteiger charge is 2.67. The van der Waals surface area contributed by atoms with Gasteiger partial charge >= 0.3 is 6.03 Å². The van der Waals surface area contributed by atoms with Gasteiger partial charge in [0.1, 0.15) is 5.82 Å². The van der Waals surface area contributed by atoms with E-state index >= 15 is 0 Å². The molecule has 2 atom stereocenters. The van der Waals surface area contributed by atoms with Crippen LogP contribution in [0.15, 0.2) is 62.3 Å². The number of nitrogens with one attached hydrogen (secondary N) is 2. The standard InChI is InChI=1S/C24H20Br2N6O4/c1-31-20(34)24(21(35)32(2)23(31)36)16(11-3-7-13(25)8-4-11)15-18(29-22(27)30-19(15)33)28-17(24)12-5-9-14(26)10-6-12/h3-10,16-17H,1-2H3,(H4,27,28,29,30,33). The summed E-state index contributed by atoms with van der Waals surface area (Å²) in [6, 6.07) is 12.3. The number of anilines is 2. The lowest BCUT2D eigenvalue weighted by molar-refractivity contribution is -0.160. The summed E-state index contributed by atoms with van der Waals surface area (Å²) in [5, 5.41) is 3.16. The molecule has 0 aliphatic carbocycles. The maximum atomic E-state index is 14.2. The Hall–Kier alpha value is -3.51. The summed E-state index contributed by atoms with van der Waals surface area (Å²) in [7, 11) is 2.65. The summed E-state index contributed by atoms with van der Waals surface area (Å²) in [6.07, 6.45) is 0. The van der Waals surface area contributed by atoms with Gasteiger partial charge in [-0.1, -0.05) is 56.1 Å². The van der Waals surface area contributed by atoms with E-state index in [-0.39, 0.29) is 17.3 Å². The molecule has 1 fully saturated rings. The average molecular weight is 616 g/mol. The SMILES string of the molecule is CN1C(=O)N(C)C(=O)C2(C1=O)C(c1ccc(Br)cc1)Nc1nc(N)[nH]c(=O)c1C2c1ccc(Br)cc1. The highest BCUT2D eigenvalue weighted by molar-refractivity contribution is 9.10. The minimum atomic E-state index is -1.93. The number of H-pyrrole nitrogens is 1. The molecule has 1 saturated heterocycles. The molecule has 0 saturated carbocycles. The highest BCUT2D eigenvalue weighted by Crippen LogP contribution is 2.57. The molecule has 12 heteroatoms. The number of barbiturate groups is 1. The predicted octanol–water partition coefficient (Wildman–Crippen LogP) is 3.21. The van der Waals surface area contributed by atoms with Crippen LogP contribution < -0.4 is 16.6 Å². The molecule has 2 aromatic carbocycles. The molecule has 2 unspecified atom stereocenters. The molecule has 1 aromatic heterocycles. The number of halogens is 2. The predicted molar refractivity (Wildman–Crippen MR) is 139 cm³/mol. The number of benzene rings is 2. The van der Waals surface area contributed by atoms with E-state index in [9.17, 15) is 19.2 Å². The Balaban J connectivity index is 1.92. The number of rotatable bonds is 2. The van der Waals surface area contributed by atoms with Gasteiger partial charge in [0, 0.05) is 29.0 Å². The summed E-state index contributed by atoms with van der Waals surface area (Å²) in [6.45, 7) is 0. The van der Waals surface area contributed by atoms with Crippen LogP contribution in [0.5, 0.6) is 0 Å². The molecule has 1 spiro atoms. The number of carbonyl (C=O) groups excluding carboxylic acids is 3. The van der Waals surface area contributed by atoms with Crippen LogP contribution in [0.1, 0.15) is 28.7 Å². The van der Waals surface area contributed by atoms with Gasteiger partial charge in [-0.3, -0.25) is 29.2 Å². The van der Waals surface area contributed by atoms with Crippen LogP contribution in [0, 0.1) is 5.41 Å². The lowest BCUT2D eigenvalue weighted by Crippen LogP contribution is -2.69. The maximum absolute atomic E-state index is 14.2. The minimum absolute atomic E-state index is 0.0812. The van der Waals surface area contributed by atoms with E-state index in [0.29, 0.717) is 11.1 Å². The number of hydrogen-bond donors (Lipinski definition) is 3. The van der Waals surface area contributed by atoms with E-state index < -0.39 is 40.8 Å². The summed E-state index contributed by atoms with van der Waals surface area (Å²) in [5.41, 5.74) is 4.54. The van der Waals surface area contributed by atoms with E-state index in [4.69, 9.17) is 5.73 Å². The van der Waals surface area contributed by atoms with Gasteiger partial charge in [-0.2, -0.15) is 4.98 Å². The lowest BCUT2D eigenvalue weighted by Gasteiger charge is -2.52. The first-order valence-electron chi connectivity index (χ1n) is 10.8. The Morgan fingerprint density at radius 2 is 1.36 bits per heavy atom. The van der Waals surface area contributed by atoms with E-state index in [1.54, 1.807) is 48.5 Å². The molecule has 2 aliphatic rings. The topological polar surface area (TPSA) is 141 Å². The number of amides is 4. The van der Waals surface area contributed by atoms with Crippen LogP contribution in [0.25, 0.3) is 0 Å². The van der Waals surface area contributed by atoms with Gasteiger partial charge in [0.15, 0.2) is 5.41 Å². The molecular formula is C24H20Br2N6O4. The van der Waals surface area contributed by atoms with Crippen LogP contribution in [0.2, 0.25) is 0 Å². The van der Waals surface area contributed by atoms with Crippen molar-refractivity contribution in [2.24, 2.45) is 5.41 Å². The van der Waals surface area contributed by atoms with Crippen molar-refractivity contribution < 1.29 is 14.4 Å². The molecule has 5 rings (SSSR count). The van der Waals surface area contributed by atoms with Crippen molar-refractivity contribution in [3.63, 3.8) is 0 Å². The van der Waals surface area contributed by atoms with Gasteiger partial charge in [-0.15, -0.1) is 0 Å². The monoisotopic (exact) mass is 614 g/mol. The van der Waals surface area contributed by atoms with Gasteiger partial charge in [-0.25, -0.2) is 4.79 Å². The van der Waals surface area contributed by atoms with Crippen molar-refractivity contribution in [2.75, 3.05) is 25.1 Å². The first kappa shape index (κ1) is 24.2. The Morgan fingerprint density at radius 3 is 1.89 bits per heavy atom. The summed E-state index contributed by atoms with van der Waals surface area (Å²) in [5.74, 6) is -2.51. The number of urea groups is 1. The quantitative estimate of drug-likeness (QED) is 0.376. The third-order valence-corrected chi connectivity index (χ3v) is 7.81. The van der Waals surface area contributed by atoms with Crippen LogP contribution >= 0.6 is 31.9 Å². The number of fused-ring (bicyclic) bond motifs is 1. The number of carbonyl (C=O) groups is 3. The number of nitrogens with two attached hydrogens (primary N) is 1. The second-order valence-electron chi connectivity index (χ2n) is 8.71. The van der Waals surface area contributed by atoms with E-state index in [1.807, 2.05) is 0 Å². The molecule has 0 bridgehead atoms. The van der Waals surface area contributed by atoms with Crippen LogP contribution in [0.3, 0.4) is 0 Å². The van der Waals surface area contributed by atoms with E-state index in [0.717, 1.165) is 18.7 Å². The van der Waals surface area contributed by atoms with Crippen molar-refractivity contribution in [3.8, 4) is 0 Å². The number of aromatic nitrogens is 2. The van der Waals surface area contributed by atoms with Crippen LogP contribution in [-0.4, -0.2) is 51.7 Å². The summed E-state index contributed by atoms with van der Waals surface area (Å²) >= 11 is 6.82. The number of imide groups is 2. The largest absolute Gasteiger partial charge is 0.369 e. The fourth-order valence-corrected chi connectivity index (χ4v) is 5.68. The Morgan fingerprint density at radius 1 is 0.861 bits per heavy atom. The van der Waals surface area contributed by atoms with Gasteiger partial charge in [0.25, 0.3) is 5.56 Å². The molecule has 3 aromatic rings. The van der Waals surface area contributed by atoms with Crippen molar-refractivity contribution in [1.82, 2.24) is 19.8 Å². The van der Waals surface area contributed by atoms with Crippen LogP contribution in [0.4, 0.5) is 16.6 Å². The fraction of sp³-hybridized carbons (Fsp3) is 0.208. The molecule has 0 radical (unpaired) electrons. The minimum Gasteiger partial charge on any atom is -0.369 e. The van der Waals surface area contributed by atoms with Gasteiger partial charge in [0.2, 0.25) is 17.8 Å². The average Bonchev–Trinajstić information content (AvgIpc) is 2.85. The van der Waals surface area contributed by atoms with E-state index in [1.165, 1.54) is 14.1 Å². The molecule has 10 nitrogen and oxygen atoms in total. The smallest absolute Gasteiger partial charge is 0.332 e. The molecule has 2 aliphatic heterocycles. The second kappa shape index (κ2) is 8.56. The zero-order valence-corrected chi connectivity index (χ0v) is 22.3. The number of nitrogens with zero attached hydrogens (tertiary/aromatic N) is 3. The first-order chi connectivity index (χ1) is 17.1. The van der Waals surface area contributed by atoms with Gasteiger partial charge in [-0.05, 0) is 35.4 Å². The van der Waals surface area contributed by atoms with Gasteiger partial charge < -0.3 is 11.1 Å². The second-order valence-corrected chi connectivity index (χ2v) is 10.5. The van der Waals surface area contributed by atoms with Crippen molar-refractivity contribution in [3.05, 3.63) is 84.5 Å². The Bertz CT molecular complexity index is 1450. The molecule has 3 heterocycles. The van der Waals surface area contributed by atoms with E-state index in [2.05, 4.69) is 47.1 Å². The highest BCUT2D eigenvalue weighted by atomic mass is 79.9.